The van der Waals surface area contributed by atoms with E-state index in [9.17, 15) is 5.11 Å². The molecule has 1 heterocycles. The molecular weight excluding hydrogens is 226 g/mol. The van der Waals surface area contributed by atoms with Crippen LogP contribution in [0.15, 0.2) is 24.3 Å². The van der Waals surface area contributed by atoms with Crippen LogP contribution in [0.3, 0.4) is 0 Å². The first-order valence-electron chi connectivity index (χ1n) is 6.84. The van der Waals surface area contributed by atoms with Gasteiger partial charge >= 0.3 is 0 Å². The summed E-state index contributed by atoms with van der Waals surface area (Å²) in [6.45, 7) is 3.24. The molecule has 18 heavy (non-hydrogen) atoms. The lowest BCUT2D eigenvalue weighted by Gasteiger charge is -2.28. The molecule has 0 amide bonds. The van der Waals surface area contributed by atoms with Gasteiger partial charge in [-0.2, -0.15) is 0 Å². The molecule has 1 fully saturated rings. The Hall–Kier alpha value is -0.900. The third-order valence-electron chi connectivity index (χ3n) is 4.45. The molecule has 1 aromatic rings. The van der Waals surface area contributed by atoms with Gasteiger partial charge in [-0.1, -0.05) is 24.3 Å². The van der Waals surface area contributed by atoms with Gasteiger partial charge in [0, 0.05) is 25.6 Å². The third-order valence-corrected chi connectivity index (χ3v) is 4.45. The predicted molar refractivity (Wildman–Crippen MR) is 70.5 cm³/mol. The summed E-state index contributed by atoms with van der Waals surface area (Å²) in [5.74, 6) is 0. The molecule has 0 saturated carbocycles. The number of aryl methyl sites for hydroxylation is 1. The standard InChI is InChI=1S/C15H21NO2/c1-11-15(17,8-9-18-11)10-16-14-7-6-12-4-2-3-5-13(12)14/h2-5,11,14,16-17H,6-10H2,1H3. The van der Waals surface area contributed by atoms with E-state index in [1.54, 1.807) is 0 Å². The Morgan fingerprint density at radius 1 is 1.44 bits per heavy atom. The van der Waals surface area contributed by atoms with Crippen molar-refractivity contribution < 1.29 is 9.84 Å². The van der Waals surface area contributed by atoms with Crippen molar-refractivity contribution in [1.29, 1.82) is 0 Å². The first kappa shape index (κ1) is 12.2. The molecule has 3 atom stereocenters. The molecule has 0 bridgehead atoms. The molecule has 98 valence electrons. The normalized spacial score (nSPS) is 34.8. The van der Waals surface area contributed by atoms with E-state index in [0.29, 0.717) is 19.2 Å². The zero-order valence-corrected chi connectivity index (χ0v) is 10.9. The van der Waals surface area contributed by atoms with E-state index in [2.05, 4.69) is 29.6 Å². The number of aliphatic hydroxyl groups is 1. The van der Waals surface area contributed by atoms with Crippen molar-refractivity contribution in [2.45, 2.75) is 43.9 Å². The molecule has 1 aliphatic carbocycles. The smallest absolute Gasteiger partial charge is 0.105 e. The van der Waals surface area contributed by atoms with E-state index in [4.69, 9.17) is 4.74 Å². The highest BCUT2D eigenvalue weighted by Gasteiger charge is 2.40. The Balaban J connectivity index is 1.65. The monoisotopic (exact) mass is 247 g/mol. The van der Waals surface area contributed by atoms with E-state index in [0.717, 1.165) is 19.3 Å². The minimum atomic E-state index is -0.697. The summed E-state index contributed by atoms with van der Waals surface area (Å²) in [4.78, 5) is 0. The molecular formula is C15H21NO2. The van der Waals surface area contributed by atoms with Crippen LogP contribution in [0.1, 0.15) is 36.9 Å². The second-order valence-electron chi connectivity index (χ2n) is 5.54. The molecule has 3 rings (SSSR count). The molecule has 2 N–H and O–H groups in total. The minimum Gasteiger partial charge on any atom is -0.386 e. The molecule has 2 aliphatic rings. The van der Waals surface area contributed by atoms with Crippen LogP contribution in [0, 0.1) is 0 Å². The average Bonchev–Trinajstić information content (AvgIpc) is 2.93. The van der Waals surface area contributed by atoms with Crippen molar-refractivity contribution in [1.82, 2.24) is 5.32 Å². The van der Waals surface area contributed by atoms with Gasteiger partial charge in [0.2, 0.25) is 0 Å². The maximum Gasteiger partial charge on any atom is 0.105 e. The highest BCUT2D eigenvalue weighted by atomic mass is 16.5. The van der Waals surface area contributed by atoms with Crippen molar-refractivity contribution in [3.8, 4) is 0 Å². The van der Waals surface area contributed by atoms with Crippen molar-refractivity contribution >= 4 is 0 Å². The van der Waals surface area contributed by atoms with E-state index < -0.39 is 5.60 Å². The number of nitrogens with one attached hydrogen (secondary N) is 1. The van der Waals surface area contributed by atoms with Crippen LogP contribution in [0.2, 0.25) is 0 Å². The van der Waals surface area contributed by atoms with Crippen LogP contribution < -0.4 is 5.32 Å². The van der Waals surface area contributed by atoms with Crippen LogP contribution in [-0.4, -0.2) is 30.0 Å². The maximum absolute atomic E-state index is 10.5. The van der Waals surface area contributed by atoms with Gasteiger partial charge in [0.05, 0.1) is 6.10 Å². The molecule has 3 heteroatoms. The van der Waals surface area contributed by atoms with Gasteiger partial charge in [0.1, 0.15) is 5.60 Å². The lowest BCUT2D eigenvalue weighted by Crippen LogP contribution is -2.46. The Labute approximate surface area is 108 Å². The van der Waals surface area contributed by atoms with Crippen molar-refractivity contribution in [3.63, 3.8) is 0 Å². The summed E-state index contributed by atoms with van der Waals surface area (Å²) in [5, 5.41) is 14.0. The van der Waals surface area contributed by atoms with Gasteiger partial charge in [0.25, 0.3) is 0 Å². The third kappa shape index (κ3) is 2.07. The Bertz CT molecular complexity index is 434. The summed E-state index contributed by atoms with van der Waals surface area (Å²) < 4.78 is 5.46. The molecule has 1 aromatic carbocycles. The van der Waals surface area contributed by atoms with Crippen molar-refractivity contribution in [2.75, 3.05) is 13.2 Å². The largest absolute Gasteiger partial charge is 0.386 e. The van der Waals surface area contributed by atoms with Gasteiger partial charge in [-0.25, -0.2) is 0 Å². The number of ether oxygens (including phenoxy) is 1. The molecule has 0 radical (unpaired) electrons. The van der Waals surface area contributed by atoms with E-state index in [-0.39, 0.29) is 6.10 Å². The van der Waals surface area contributed by atoms with Gasteiger partial charge in [0.15, 0.2) is 0 Å². The van der Waals surface area contributed by atoms with E-state index in [1.165, 1.54) is 11.1 Å². The lowest BCUT2D eigenvalue weighted by atomic mass is 9.96. The van der Waals surface area contributed by atoms with Crippen molar-refractivity contribution in [2.24, 2.45) is 0 Å². The first-order chi connectivity index (χ1) is 8.69. The summed E-state index contributed by atoms with van der Waals surface area (Å²) in [5.41, 5.74) is 2.14. The molecule has 3 nitrogen and oxygen atoms in total. The average molecular weight is 247 g/mol. The summed E-state index contributed by atoms with van der Waals surface area (Å²) in [6.07, 6.45) is 2.93. The first-order valence-corrected chi connectivity index (χ1v) is 6.84. The fourth-order valence-corrected chi connectivity index (χ4v) is 3.07. The number of hydrogen-bond acceptors (Lipinski definition) is 3. The van der Waals surface area contributed by atoms with Gasteiger partial charge in [-0.05, 0) is 30.9 Å². The Kier molecular flexibility index (Phi) is 3.14. The summed E-state index contributed by atoms with van der Waals surface area (Å²) in [6, 6.07) is 8.97. The molecule has 0 aromatic heterocycles. The predicted octanol–water partition coefficient (Wildman–Crippen LogP) is 1.80. The van der Waals surface area contributed by atoms with Crippen LogP contribution in [0.25, 0.3) is 0 Å². The topological polar surface area (TPSA) is 41.5 Å². The van der Waals surface area contributed by atoms with Crippen LogP contribution in [-0.2, 0) is 11.2 Å². The highest BCUT2D eigenvalue weighted by molar-refractivity contribution is 5.34. The van der Waals surface area contributed by atoms with Gasteiger partial charge in [-0.3, -0.25) is 0 Å². The summed E-state index contributed by atoms with van der Waals surface area (Å²) in [7, 11) is 0. The highest BCUT2D eigenvalue weighted by Crippen LogP contribution is 2.32. The minimum absolute atomic E-state index is 0.0679. The number of rotatable bonds is 3. The Morgan fingerprint density at radius 3 is 3.06 bits per heavy atom. The SMILES string of the molecule is CC1OCCC1(O)CNC1CCc2ccccc21. The second kappa shape index (κ2) is 4.65. The second-order valence-corrected chi connectivity index (χ2v) is 5.54. The number of fused-ring (bicyclic) bond motifs is 1. The quantitative estimate of drug-likeness (QED) is 0.856. The molecule has 3 unspecified atom stereocenters. The van der Waals surface area contributed by atoms with Gasteiger partial charge in [-0.15, -0.1) is 0 Å². The zero-order chi connectivity index (χ0) is 12.6. The molecule has 1 aliphatic heterocycles. The molecule has 1 saturated heterocycles. The van der Waals surface area contributed by atoms with Crippen LogP contribution in [0.5, 0.6) is 0 Å². The van der Waals surface area contributed by atoms with Crippen LogP contribution >= 0.6 is 0 Å². The summed E-state index contributed by atoms with van der Waals surface area (Å²) >= 11 is 0. The van der Waals surface area contributed by atoms with E-state index in [1.807, 2.05) is 6.92 Å². The fraction of sp³-hybridized carbons (Fsp3) is 0.600. The maximum atomic E-state index is 10.5. The zero-order valence-electron chi connectivity index (χ0n) is 10.9. The number of hydrogen-bond donors (Lipinski definition) is 2. The van der Waals surface area contributed by atoms with E-state index >= 15 is 0 Å². The number of benzene rings is 1. The lowest BCUT2D eigenvalue weighted by molar-refractivity contribution is -0.0276. The van der Waals surface area contributed by atoms with Crippen molar-refractivity contribution in [3.05, 3.63) is 35.4 Å². The van der Waals surface area contributed by atoms with Crippen LogP contribution in [0.4, 0.5) is 0 Å². The fourth-order valence-electron chi connectivity index (χ4n) is 3.07. The van der Waals surface area contributed by atoms with Gasteiger partial charge < -0.3 is 15.2 Å². The Morgan fingerprint density at radius 2 is 2.28 bits per heavy atom. The molecule has 0 spiro atoms.